The van der Waals surface area contributed by atoms with E-state index in [1.807, 2.05) is 13.8 Å². The second kappa shape index (κ2) is 6.12. The molecule has 0 aliphatic rings. The van der Waals surface area contributed by atoms with Crippen LogP contribution in [-0.4, -0.2) is 9.78 Å². The molecule has 7 heteroatoms. The van der Waals surface area contributed by atoms with Crippen LogP contribution >= 0.6 is 34.8 Å². The third-order valence-electron chi connectivity index (χ3n) is 2.83. The van der Waals surface area contributed by atoms with Gasteiger partial charge in [0, 0.05) is 12.2 Å². The fraction of sp³-hybridized carbons (Fsp3) is 0.308. The summed E-state index contributed by atoms with van der Waals surface area (Å²) in [5, 5.41) is 5.64. The smallest absolute Gasteiger partial charge is 0.157 e. The Kier molecular flexibility index (Phi) is 4.68. The predicted octanol–water partition coefficient (Wildman–Crippen LogP) is 4.33. The molecule has 2 N–H and O–H groups in total. The normalized spacial score (nSPS) is 10.8. The topological polar surface area (TPSA) is 53.1 Å². The van der Waals surface area contributed by atoms with Crippen molar-refractivity contribution in [3.8, 4) is 5.75 Å². The van der Waals surface area contributed by atoms with E-state index in [4.69, 9.17) is 45.3 Å². The van der Waals surface area contributed by atoms with E-state index in [1.54, 1.807) is 16.8 Å². The summed E-state index contributed by atoms with van der Waals surface area (Å²) in [6, 6.07) is 3.18. The maximum Gasteiger partial charge on any atom is 0.157 e. The summed E-state index contributed by atoms with van der Waals surface area (Å²) < 4.78 is 7.47. The molecule has 108 valence electrons. The van der Waals surface area contributed by atoms with Gasteiger partial charge in [0.1, 0.15) is 6.61 Å². The number of anilines is 1. The van der Waals surface area contributed by atoms with Crippen LogP contribution in [0.1, 0.15) is 18.3 Å². The molecule has 0 radical (unpaired) electrons. The van der Waals surface area contributed by atoms with Crippen LogP contribution in [0.5, 0.6) is 5.75 Å². The van der Waals surface area contributed by atoms with Crippen LogP contribution in [0, 0.1) is 6.92 Å². The van der Waals surface area contributed by atoms with Gasteiger partial charge in [-0.05, 0) is 26.0 Å². The first-order valence-corrected chi connectivity index (χ1v) is 7.16. The molecule has 0 unspecified atom stereocenters. The molecule has 2 rings (SSSR count). The predicted molar refractivity (Wildman–Crippen MR) is 82.9 cm³/mol. The van der Waals surface area contributed by atoms with Gasteiger partial charge in [0.25, 0.3) is 0 Å². The maximum atomic E-state index is 6.21. The summed E-state index contributed by atoms with van der Waals surface area (Å²) in [7, 11) is 0. The quantitative estimate of drug-likeness (QED) is 0.847. The minimum absolute atomic E-state index is 0.233. The van der Waals surface area contributed by atoms with Crippen LogP contribution in [0.25, 0.3) is 0 Å². The van der Waals surface area contributed by atoms with Crippen molar-refractivity contribution in [2.45, 2.75) is 27.0 Å². The monoisotopic (exact) mass is 333 g/mol. The molecule has 1 heterocycles. The van der Waals surface area contributed by atoms with E-state index in [-0.39, 0.29) is 6.61 Å². The number of aromatic nitrogens is 2. The molecule has 1 aromatic heterocycles. The number of nitrogen functional groups attached to an aromatic ring is 1. The third-order valence-corrected chi connectivity index (χ3v) is 3.88. The molecule has 0 saturated heterocycles. The highest BCUT2D eigenvalue weighted by Gasteiger charge is 2.15. The number of benzene rings is 1. The number of hydrogen-bond donors (Lipinski definition) is 1. The Morgan fingerprint density at radius 1 is 1.25 bits per heavy atom. The molecule has 0 amide bonds. The Labute approximate surface area is 132 Å². The summed E-state index contributed by atoms with van der Waals surface area (Å²) in [6.45, 7) is 4.77. The van der Waals surface area contributed by atoms with E-state index in [9.17, 15) is 0 Å². The first-order valence-electron chi connectivity index (χ1n) is 6.03. The molecule has 1 aromatic carbocycles. The van der Waals surface area contributed by atoms with Gasteiger partial charge >= 0.3 is 0 Å². The molecule has 0 spiro atoms. The van der Waals surface area contributed by atoms with Gasteiger partial charge in [-0.3, -0.25) is 4.68 Å². The minimum atomic E-state index is 0.233. The molecular weight excluding hydrogens is 321 g/mol. The molecule has 0 aliphatic carbocycles. The Morgan fingerprint density at radius 2 is 1.85 bits per heavy atom. The highest BCUT2D eigenvalue weighted by Crippen LogP contribution is 2.36. The molecule has 0 fully saturated rings. The first-order chi connectivity index (χ1) is 9.43. The molecule has 20 heavy (non-hydrogen) atoms. The van der Waals surface area contributed by atoms with Gasteiger partial charge in [-0.2, -0.15) is 5.10 Å². The van der Waals surface area contributed by atoms with Crippen LogP contribution in [0.15, 0.2) is 12.1 Å². The zero-order valence-corrected chi connectivity index (χ0v) is 13.4. The summed E-state index contributed by atoms with van der Waals surface area (Å²) in [4.78, 5) is 0. The number of halogens is 3. The Balaban J connectivity index is 2.26. The van der Waals surface area contributed by atoms with Gasteiger partial charge in [0.15, 0.2) is 5.75 Å². The Hall–Kier alpha value is -1.10. The molecule has 0 saturated carbocycles. The lowest BCUT2D eigenvalue weighted by atomic mass is 10.3. The maximum absolute atomic E-state index is 6.21. The molecule has 4 nitrogen and oxygen atoms in total. The number of aryl methyl sites for hydroxylation is 2. The van der Waals surface area contributed by atoms with Crippen LogP contribution in [0.2, 0.25) is 15.1 Å². The van der Waals surface area contributed by atoms with E-state index in [0.717, 1.165) is 11.4 Å². The Bertz CT molecular complexity index is 617. The summed E-state index contributed by atoms with van der Waals surface area (Å²) in [5.74, 6) is 0.389. The van der Waals surface area contributed by atoms with Crippen molar-refractivity contribution in [1.82, 2.24) is 9.78 Å². The standard InChI is InChI=1S/C13H14Cl3N3O/c1-3-19-11(12(16)7(2)18-19)6-20-13-9(14)4-8(17)5-10(13)15/h4-5H,3,6,17H2,1-2H3. The first kappa shape index (κ1) is 15.3. The number of ether oxygens (including phenoxy) is 1. The van der Waals surface area contributed by atoms with Crippen molar-refractivity contribution in [2.75, 3.05) is 5.73 Å². The van der Waals surface area contributed by atoms with Crippen LogP contribution < -0.4 is 10.5 Å². The third kappa shape index (κ3) is 2.97. The lowest BCUT2D eigenvalue weighted by molar-refractivity contribution is 0.293. The van der Waals surface area contributed by atoms with Crippen LogP contribution in [0.4, 0.5) is 5.69 Å². The lowest BCUT2D eigenvalue weighted by Crippen LogP contribution is -2.07. The van der Waals surface area contributed by atoms with Crippen LogP contribution in [-0.2, 0) is 13.2 Å². The van der Waals surface area contributed by atoms with Crippen LogP contribution in [0.3, 0.4) is 0 Å². The summed E-state index contributed by atoms with van der Waals surface area (Å²) in [5.41, 5.74) is 7.69. The fourth-order valence-corrected chi connectivity index (χ4v) is 2.67. The van der Waals surface area contributed by atoms with Crippen molar-refractivity contribution < 1.29 is 4.74 Å². The van der Waals surface area contributed by atoms with Gasteiger partial charge in [0.2, 0.25) is 0 Å². The van der Waals surface area contributed by atoms with E-state index in [0.29, 0.717) is 33.0 Å². The van der Waals surface area contributed by atoms with Crippen molar-refractivity contribution in [3.05, 3.63) is 38.6 Å². The average Bonchev–Trinajstić information content (AvgIpc) is 2.64. The number of hydrogen-bond acceptors (Lipinski definition) is 3. The number of nitrogens with zero attached hydrogens (tertiary/aromatic N) is 2. The Morgan fingerprint density at radius 3 is 2.40 bits per heavy atom. The van der Waals surface area contributed by atoms with E-state index in [1.165, 1.54) is 0 Å². The van der Waals surface area contributed by atoms with Crippen molar-refractivity contribution in [1.29, 1.82) is 0 Å². The fourth-order valence-electron chi connectivity index (χ4n) is 1.86. The highest BCUT2D eigenvalue weighted by atomic mass is 35.5. The van der Waals surface area contributed by atoms with Crippen molar-refractivity contribution in [2.24, 2.45) is 0 Å². The van der Waals surface area contributed by atoms with E-state index < -0.39 is 0 Å². The highest BCUT2D eigenvalue weighted by molar-refractivity contribution is 6.37. The van der Waals surface area contributed by atoms with Crippen molar-refractivity contribution in [3.63, 3.8) is 0 Å². The largest absolute Gasteiger partial charge is 0.484 e. The lowest BCUT2D eigenvalue weighted by Gasteiger charge is -2.11. The number of nitrogens with two attached hydrogens (primary N) is 1. The van der Waals surface area contributed by atoms with Gasteiger partial charge in [0.05, 0.1) is 26.5 Å². The molecule has 0 bridgehead atoms. The van der Waals surface area contributed by atoms with Gasteiger partial charge < -0.3 is 10.5 Å². The number of rotatable bonds is 4. The molecule has 0 aliphatic heterocycles. The van der Waals surface area contributed by atoms with E-state index >= 15 is 0 Å². The SMILES string of the molecule is CCn1nc(C)c(Cl)c1COc1c(Cl)cc(N)cc1Cl. The summed E-state index contributed by atoms with van der Waals surface area (Å²) in [6.07, 6.45) is 0. The average molecular weight is 335 g/mol. The second-order valence-corrected chi connectivity index (χ2v) is 5.46. The molecular formula is C13H14Cl3N3O. The molecule has 2 aromatic rings. The zero-order chi connectivity index (χ0) is 14.9. The van der Waals surface area contributed by atoms with E-state index in [2.05, 4.69) is 5.10 Å². The molecule has 0 atom stereocenters. The van der Waals surface area contributed by atoms with Gasteiger partial charge in [-0.25, -0.2) is 0 Å². The van der Waals surface area contributed by atoms with Gasteiger partial charge in [-0.15, -0.1) is 0 Å². The second-order valence-electron chi connectivity index (χ2n) is 4.26. The summed E-state index contributed by atoms with van der Waals surface area (Å²) >= 11 is 18.4. The van der Waals surface area contributed by atoms with Crippen molar-refractivity contribution >= 4 is 40.5 Å². The zero-order valence-electron chi connectivity index (χ0n) is 11.1. The van der Waals surface area contributed by atoms with Gasteiger partial charge in [-0.1, -0.05) is 34.8 Å². The minimum Gasteiger partial charge on any atom is -0.484 e.